The van der Waals surface area contributed by atoms with E-state index in [9.17, 15) is 22.4 Å². The first-order valence-corrected chi connectivity index (χ1v) is 12.7. The molecule has 0 radical (unpaired) electrons. The number of aliphatic carboxylic acids is 1. The average molecular weight is 527 g/mol. The summed E-state index contributed by atoms with van der Waals surface area (Å²) in [6, 6.07) is 6.87. The number of nitrogens with zero attached hydrogens (tertiary/aromatic N) is 2. The molecule has 0 amide bonds. The second kappa shape index (κ2) is 9.63. The van der Waals surface area contributed by atoms with Gasteiger partial charge in [0.05, 0.1) is 32.9 Å². The number of carboxylic acid groups (broad SMARTS) is 1. The number of rotatable bonds is 7. The lowest BCUT2D eigenvalue weighted by molar-refractivity contribution is -0.140. The fourth-order valence-corrected chi connectivity index (χ4v) is 6.84. The standard InChI is InChI=1S/C23H18F4N2O2S3/c1-11-7-16-21(34-19(29-16)5-6-20(30)31)17(8-11)32-10-18-12(2)28-22(33-18)13-3-4-14(15(24)9-13)23(25,26)27/h3-4,7-9H,5-6,10H2,1-2H3,(H,30,31). The molecule has 0 aliphatic rings. The fraction of sp³-hybridized carbons (Fsp3) is 0.261. The molecule has 2 aromatic carbocycles. The van der Waals surface area contributed by atoms with Gasteiger partial charge in [0, 0.05) is 27.5 Å². The van der Waals surface area contributed by atoms with Gasteiger partial charge in [0.2, 0.25) is 0 Å². The number of fused-ring (bicyclic) bond motifs is 1. The van der Waals surface area contributed by atoms with Crippen molar-refractivity contribution in [1.82, 2.24) is 9.97 Å². The van der Waals surface area contributed by atoms with Crippen molar-refractivity contribution in [3.05, 3.63) is 62.9 Å². The fourth-order valence-electron chi connectivity index (χ4n) is 3.32. The number of benzene rings is 2. The zero-order valence-corrected chi connectivity index (χ0v) is 20.4. The van der Waals surface area contributed by atoms with Crippen LogP contribution in [0, 0.1) is 19.7 Å². The first-order chi connectivity index (χ1) is 16.0. The summed E-state index contributed by atoms with van der Waals surface area (Å²) in [5.41, 5.74) is 1.61. The number of halogens is 4. The summed E-state index contributed by atoms with van der Waals surface area (Å²) in [5, 5.41) is 10.2. The van der Waals surface area contributed by atoms with Crippen molar-refractivity contribution >= 4 is 50.6 Å². The van der Waals surface area contributed by atoms with Crippen LogP contribution in [-0.2, 0) is 23.1 Å². The SMILES string of the molecule is Cc1cc(SCc2sc(-c3ccc(C(F)(F)F)c(F)c3)nc2C)c2sc(CCC(=O)O)nc2c1. The third kappa shape index (κ3) is 5.42. The molecule has 2 aromatic heterocycles. The van der Waals surface area contributed by atoms with Crippen molar-refractivity contribution in [2.75, 3.05) is 0 Å². The summed E-state index contributed by atoms with van der Waals surface area (Å²) in [6.07, 6.45) is -4.35. The summed E-state index contributed by atoms with van der Waals surface area (Å²) >= 11 is 4.39. The highest BCUT2D eigenvalue weighted by atomic mass is 32.2. The van der Waals surface area contributed by atoms with Crippen LogP contribution < -0.4 is 0 Å². The molecule has 0 spiro atoms. The monoisotopic (exact) mass is 526 g/mol. The number of aromatic nitrogens is 2. The van der Waals surface area contributed by atoms with Crippen LogP contribution >= 0.6 is 34.4 Å². The maximum Gasteiger partial charge on any atom is 0.419 e. The van der Waals surface area contributed by atoms with E-state index in [0.29, 0.717) is 22.7 Å². The quantitative estimate of drug-likeness (QED) is 0.200. The molecule has 0 aliphatic carbocycles. The number of thiazole rings is 2. The molecule has 34 heavy (non-hydrogen) atoms. The molecule has 0 aliphatic heterocycles. The summed E-state index contributed by atoms with van der Waals surface area (Å²) < 4.78 is 53.5. The van der Waals surface area contributed by atoms with E-state index in [2.05, 4.69) is 16.0 Å². The minimum atomic E-state index is -4.74. The Bertz CT molecular complexity index is 1380. The van der Waals surface area contributed by atoms with Gasteiger partial charge in [0.1, 0.15) is 10.8 Å². The summed E-state index contributed by atoms with van der Waals surface area (Å²) in [4.78, 5) is 21.8. The zero-order valence-electron chi connectivity index (χ0n) is 18.0. The Morgan fingerprint density at radius 2 is 1.88 bits per heavy atom. The minimum absolute atomic E-state index is 0.0225. The maximum atomic E-state index is 14.0. The molecular weight excluding hydrogens is 508 g/mol. The Labute approximate surface area is 204 Å². The number of thioether (sulfide) groups is 1. The number of aryl methyl sites for hydroxylation is 3. The Balaban J connectivity index is 1.56. The summed E-state index contributed by atoms with van der Waals surface area (Å²) in [6.45, 7) is 3.79. The van der Waals surface area contributed by atoms with Crippen LogP contribution in [0.15, 0.2) is 35.2 Å². The number of alkyl halides is 3. The Kier molecular flexibility index (Phi) is 6.97. The predicted molar refractivity (Wildman–Crippen MR) is 127 cm³/mol. The van der Waals surface area contributed by atoms with Gasteiger partial charge in [0.15, 0.2) is 0 Å². The Hall–Kier alpha value is -2.50. The second-order valence-electron chi connectivity index (χ2n) is 7.62. The van der Waals surface area contributed by atoms with Crippen molar-refractivity contribution < 1.29 is 27.5 Å². The third-order valence-corrected chi connectivity index (χ3v) is 8.72. The molecule has 4 rings (SSSR count). The van der Waals surface area contributed by atoms with Crippen molar-refractivity contribution in [3.63, 3.8) is 0 Å². The largest absolute Gasteiger partial charge is 0.481 e. The number of carboxylic acids is 1. The van der Waals surface area contributed by atoms with E-state index >= 15 is 0 Å². The van der Waals surface area contributed by atoms with Crippen molar-refractivity contribution in [1.29, 1.82) is 0 Å². The van der Waals surface area contributed by atoms with E-state index < -0.39 is 23.5 Å². The molecule has 0 bridgehead atoms. The first kappa shape index (κ1) is 24.6. The molecule has 0 saturated carbocycles. The van der Waals surface area contributed by atoms with Crippen molar-refractivity contribution in [2.24, 2.45) is 0 Å². The molecule has 0 fully saturated rings. The molecule has 0 unspecified atom stereocenters. The predicted octanol–water partition coefficient (Wildman–Crippen LogP) is 7.50. The molecule has 11 heteroatoms. The van der Waals surface area contributed by atoms with Gasteiger partial charge in [-0.15, -0.1) is 34.4 Å². The van der Waals surface area contributed by atoms with Crippen LogP contribution in [0.3, 0.4) is 0 Å². The molecule has 178 valence electrons. The van der Waals surface area contributed by atoms with Crippen LogP contribution in [0.5, 0.6) is 0 Å². The van der Waals surface area contributed by atoms with Crippen LogP contribution in [0.1, 0.15) is 33.1 Å². The average Bonchev–Trinajstić information content (AvgIpc) is 3.32. The van der Waals surface area contributed by atoms with Crippen LogP contribution in [0.4, 0.5) is 17.6 Å². The van der Waals surface area contributed by atoms with E-state index in [1.165, 1.54) is 28.7 Å². The van der Waals surface area contributed by atoms with Crippen LogP contribution in [0.25, 0.3) is 20.8 Å². The topological polar surface area (TPSA) is 63.1 Å². The van der Waals surface area contributed by atoms with E-state index in [-0.39, 0.29) is 6.42 Å². The van der Waals surface area contributed by atoms with Crippen molar-refractivity contribution in [2.45, 2.75) is 43.5 Å². The van der Waals surface area contributed by atoms with Crippen LogP contribution in [-0.4, -0.2) is 21.0 Å². The van der Waals surface area contributed by atoms with Gasteiger partial charge in [-0.2, -0.15) is 13.2 Å². The van der Waals surface area contributed by atoms with Gasteiger partial charge in [-0.25, -0.2) is 14.4 Å². The second-order valence-corrected chi connectivity index (χ2v) is 10.8. The van der Waals surface area contributed by atoms with E-state index in [1.54, 1.807) is 11.8 Å². The highest BCUT2D eigenvalue weighted by Gasteiger charge is 2.34. The van der Waals surface area contributed by atoms with E-state index in [0.717, 1.165) is 48.4 Å². The molecule has 4 aromatic rings. The highest BCUT2D eigenvalue weighted by Crippen LogP contribution is 2.39. The Morgan fingerprint density at radius 3 is 2.56 bits per heavy atom. The summed E-state index contributed by atoms with van der Waals surface area (Å²) in [7, 11) is 0. The maximum absolute atomic E-state index is 14.0. The molecule has 0 atom stereocenters. The van der Waals surface area contributed by atoms with Gasteiger partial charge >= 0.3 is 12.1 Å². The van der Waals surface area contributed by atoms with Gasteiger partial charge < -0.3 is 5.11 Å². The van der Waals surface area contributed by atoms with Gasteiger partial charge in [-0.1, -0.05) is 6.07 Å². The van der Waals surface area contributed by atoms with Gasteiger partial charge in [-0.05, 0) is 43.7 Å². The molecule has 1 N–H and O–H groups in total. The Morgan fingerprint density at radius 1 is 1.12 bits per heavy atom. The number of carbonyl (C=O) groups is 1. The molecule has 4 nitrogen and oxygen atoms in total. The van der Waals surface area contributed by atoms with E-state index in [4.69, 9.17) is 5.11 Å². The normalized spacial score (nSPS) is 11.9. The summed E-state index contributed by atoms with van der Waals surface area (Å²) in [5.74, 6) is -1.61. The number of hydrogen-bond donors (Lipinski definition) is 1. The van der Waals surface area contributed by atoms with Gasteiger partial charge in [-0.3, -0.25) is 4.79 Å². The lowest BCUT2D eigenvalue weighted by Crippen LogP contribution is -2.07. The zero-order chi connectivity index (χ0) is 24.6. The third-order valence-electron chi connectivity index (χ3n) is 4.97. The van der Waals surface area contributed by atoms with Crippen molar-refractivity contribution in [3.8, 4) is 10.6 Å². The number of hydrogen-bond acceptors (Lipinski definition) is 6. The van der Waals surface area contributed by atoms with Gasteiger partial charge in [0.25, 0.3) is 0 Å². The lowest BCUT2D eigenvalue weighted by atomic mass is 10.1. The lowest BCUT2D eigenvalue weighted by Gasteiger charge is -2.08. The first-order valence-electron chi connectivity index (χ1n) is 10.1. The molecule has 2 heterocycles. The van der Waals surface area contributed by atoms with Crippen LogP contribution in [0.2, 0.25) is 0 Å². The van der Waals surface area contributed by atoms with E-state index in [1.807, 2.05) is 19.9 Å². The smallest absolute Gasteiger partial charge is 0.419 e. The highest BCUT2D eigenvalue weighted by molar-refractivity contribution is 7.99. The molecule has 0 saturated heterocycles. The minimum Gasteiger partial charge on any atom is -0.481 e. The molecular formula is C23H18F4N2O2S3.